The van der Waals surface area contributed by atoms with Crippen LogP contribution in [0.5, 0.6) is 11.5 Å². The Labute approximate surface area is 434 Å². The number of esters is 1. The molecule has 2 aromatic carbocycles. The van der Waals surface area contributed by atoms with Gasteiger partial charge in [0.2, 0.25) is 11.7 Å². The second-order valence-electron chi connectivity index (χ2n) is 22.1. The normalized spacial score (nSPS) is 30.3. The number of hydrogen-bond donors (Lipinski definition) is 7. The number of amides is 2. The fraction of sp³-hybridized carbons (Fsp3) is 0.561. The molecule has 2 fully saturated rings. The van der Waals surface area contributed by atoms with E-state index in [0.717, 1.165) is 38.2 Å². The van der Waals surface area contributed by atoms with E-state index in [2.05, 4.69) is 34.7 Å². The SMILES string of the molecule is C/C1=C/C=C/C(C)[C@H](O)[C@@H](C)C(O)[C@@H](C)[C@H](OC(=O)CC(=O)N2CCC(Nc3ccc(C)cc3)CC2)CC/C=C/O[C@@]2(C)Oc3c(C)c(O)c4c(c3C2O)C2=NC3(CCN(CC(C)C)CC3)NC2=C(NC1=O)C4=O. The van der Waals surface area contributed by atoms with E-state index in [1.54, 1.807) is 70.7 Å². The van der Waals surface area contributed by atoms with E-state index in [9.17, 15) is 39.6 Å². The van der Waals surface area contributed by atoms with Crippen molar-refractivity contribution < 1.29 is 53.8 Å². The third kappa shape index (κ3) is 11.2. The molecular weight excluding hydrogens is 945 g/mol. The Morgan fingerprint density at radius 3 is 2.30 bits per heavy atom. The number of benzene rings is 2. The first kappa shape index (κ1) is 54.3. The molecule has 0 saturated carbocycles. The predicted molar refractivity (Wildman–Crippen MR) is 280 cm³/mol. The molecule has 3 unspecified atom stereocenters. The first-order valence-corrected chi connectivity index (χ1v) is 26.4. The van der Waals surface area contributed by atoms with Crippen LogP contribution in [0.15, 0.2) is 76.8 Å². The van der Waals surface area contributed by atoms with Gasteiger partial charge in [0.15, 0.2) is 6.10 Å². The number of nitrogens with zero attached hydrogens (tertiary/aromatic N) is 3. The number of allylic oxidation sites excluding steroid dienone is 5. The number of aliphatic imine (C=N–C) groups is 1. The minimum absolute atomic E-state index is 0.0853. The highest BCUT2D eigenvalue weighted by molar-refractivity contribution is 6.31. The number of hydrogen-bond acceptors (Lipinski definition) is 15. The third-order valence-corrected chi connectivity index (χ3v) is 15.9. The Balaban J connectivity index is 1.06. The van der Waals surface area contributed by atoms with Gasteiger partial charge in [-0.3, -0.25) is 24.2 Å². The zero-order chi connectivity index (χ0) is 53.4. The van der Waals surface area contributed by atoms with Crippen LogP contribution < -0.4 is 20.7 Å². The number of aliphatic hydroxyl groups is 3. The second-order valence-corrected chi connectivity index (χ2v) is 22.1. The molecule has 6 aliphatic heterocycles. The molecule has 2 aromatic rings. The lowest BCUT2D eigenvalue weighted by molar-refractivity contribution is -0.180. The van der Waals surface area contributed by atoms with Crippen molar-refractivity contribution in [2.45, 2.75) is 149 Å². The number of ketones is 1. The summed E-state index contributed by atoms with van der Waals surface area (Å²) in [4.78, 5) is 65.3. The Kier molecular flexibility index (Phi) is 16.2. The number of fused-ring (bicyclic) bond motifs is 13. The van der Waals surface area contributed by atoms with Crippen LogP contribution in [0.3, 0.4) is 0 Å². The highest BCUT2D eigenvalue weighted by atomic mass is 16.7. The lowest BCUT2D eigenvalue weighted by Gasteiger charge is -2.38. The Morgan fingerprint density at radius 2 is 1.62 bits per heavy atom. The number of nitrogens with one attached hydrogen (secondary N) is 3. The summed E-state index contributed by atoms with van der Waals surface area (Å²) in [5.41, 5.74) is 2.56. The van der Waals surface area contributed by atoms with E-state index in [-0.39, 0.29) is 75.5 Å². The number of likely N-dealkylation sites (tertiary alicyclic amines) is 2. The number of phenols is 1. The van der Waals surface area contributed by atoms with Gasteiger partial charge >= 0.3 is 5.97 Å². The van der Waals surface area contributed by atoms with Crippen LogP contribution in [0, 0.1) is 37.5 Å². The lowest BCUT2D eigenvalue weighted by Crippen LogP contribution is -2.50. The maximum Gasteiger partial charge on any atom is 0.315 e. The average molecular weight is 1020 g/mol. The summed E-state index contributed by atoms with van der Waals surface area (Å²) in [5, 5.41) is 57.5. The summed E-state index contributed by atoms with van der Waals surface area (Å²) in [6.45, 7) is 19.7. The summed E-state index contributed by atoms with van der Waals surface area (Å²) in [5.74, 6) is -5.78. The van der Waals surface area contributed by atoms with Crippen molar-refractivity contribution >= 4 is 35.0 Å². The van der Waals surface area contributed by atoms with E-state index >= 15 is 0 Å². The number of ether oxygens (including phenoxy) is 3. The van der Waals surface area contributed by atoms with E-state index in [1.165, 1.54) is 11.8 Å². The van der Waals surface area contributed by atoms with Crippen LogP contribution in [-0.2, 0) is 23.9 Å². The van der Waals surface area contributed by atoms with Gasteiger partial charge in [0.25, 0.3) is 11.7 Å². The number of piperidine rings is 2. The molecule has 1 aliphatic carbocycles. The van der Waals surface area contributed by atoms with Crippen molar-refractivity contribution in [3.8, 4) is 11.5 Å². The highest BCUT2D eigenvalue weighted by Gasteiger charge is 2.54. The zero-order valence-electron chi connectivity index (χ0n) is 44.4. The van der Waals surface area contributed by atoms with Crippen molar-refractivity contribution in [2.75, 3.05) is 38.0 Å². The molecule has 0 aromatic heterocycles. The number of aliphatic hydroxyl groups excluding tert-OH is 3. The van der Waals surface area contributed by atoms with Crippen LogP contribution in [0.1, 0.15) is 132 Å². The van der Waals surface area contributed by atoms with Gasteiger partial charge in [0.05, 0.1) is 35.4 Å². The molecule has 2 saturated heterocycles. The second kappa shape index (κ2) is 22.1. The lowest BCUT2D eigenvalue weighted by atomic mass is 9.81. The van der Waals surface area contributed by atoms with Gasteiger partial charge in [-0.25, -0.2) is 0 Å². The maximum atomic E-state index is 14.8. The molecule has 6 heterocycles. The summed E-state index contributed by atoms with van der Waals surface area (Å²) in [7, 11) is 0. The molecule has 74 heavy (non-hydrogen) atoms. The summed E-state index contributed by atoms with van der Waals surface area (Å²) in [6.07, 6.45) is 5.95. The molecule has 7 aliphatic rings. The largest absolute Gasteiger partial charge is 0.507 e. The number of aryl methyl sites for hydroxylation is 1. The van der Waals surface area contributed by atoms with Crippen LogP contribution in [0.2, 0.25) is 0 Å². The minimum Gasteiger partial charge on any atom is -0.507 e. The molecule has 5 bridgehead atoms. The van der Waals surface area contributed by atoms with Crippen molar-refractivity contribution in [1.29, 1.82) is 0 Å². The number of anilines is 1. The van der Waals surface area contributed by atoms with Crippen molar-refractivity contribution in [3.05, 3.63) is 99.6 Å². The van der Waals surface area contributed by atoms with Crippen LogP contribution >= 0.6 is 0 Å². The van der Waals surface area contributed by atoms with E-state index < -0.39 is 77.7 Å². The van der Waals surface area contributed by atoms with Crippen LogP contribution in [0.25, 0.3) is 0 Å². The van der Waals surface area contributed by atoms with Gasteiger partial charge in [-0.2, -0.15) is 0 Å². The van der Waals surface area contributed by atoms with Crippen molar-refractivity contribution in [3.63, 3.8) is 0 Å². The van der Waals surface area contributed by atoms with E-state index in [0.29, 0.717) is 37.6 Å². The van der Waals surface area contributed by atoms with Gasteiger partial charge in [-0.15, -0.1) is 0 Å². The minimum atomic E-state index is -1.76. The fourth-order valence-electron chi connectivity index (χ4n) is 11.2. The number of phenolic OH excluding ortho intramolecular Hbond substituents is 1. The molecule has 17 heteroatoms. The van der Waals surface area contributed by atoms with Crippen LogP contribution in [-0.4, -0.2) is 128 Å². The van der Waals surface area contributed by atoms with Crippen LogP contribution in [0.4, 0.5) is 5.69 Å². The number of carbonyl (C=O) groups excluding carboxylic acids is 4. The molecule has 9 rings (SSSR count). The topological polar surface area (TPSA) is 232 Å². The number of Topliss-reactive ketones (excluding diaryl/α,β-unsaturated/α-hetero) is 1. The van der Waals surface area contributed by atoms with Gasteiger partial charge in [0, 0.05) is 104 Å². The molecular formula is C57H76N6O11. The van der Waals surface area contributed by atoms with Crippen molar-refractivity contribution in [1.82, 2.24) is 20.4 Å². The number of aromatic hydroxyl groups is 1. The standard InChI is InChI=1S/C57H76N6O11/c1-31(2)30-62-26-22-57(23-27-62)60-46-43-44-51(68)37(8)53-45(43)54(70)56(9,74-53)72-28-11-10-15-40(73-42(65)29-41(64)63-24-20-39(21-25-63)58-38-18-16-32(3)17-19-38)35(6)50(67)36(7)49(66)33(4)13-12-14-34(5)55(71)59-48(52(44)69)47(46)61-57/h11-14,16-19,28,31,33,35-36,39-40,49-50,54,58,61,66-68,70H,10,15,20-27,29-30H2,1-9H3,(H,59,71)/b13-12+,28-11+,34-14-/t33?,35-,36+,40+,49-,50?,54?,56-/m0/s1. The molecule has 7 N–H and O–H groups in total. The molecule has 400 valence electrons. The number of carbonyl (C=O) groups is 4. The first-order chi connectivity index (χ1) is 35.1. The fourth-order valence-corrected chi connectivity index (χ4v) is 11.2. The van der Waals surface area contributed by atoms with Crippen molar-refractivity contribution in [2.24, 2.45) is 28.7 Å². The number of rotatable bonds is 7. The zero-order valence-corrected chi connectivity index (χ0v) is 44.4. The van der Waals surface area contributed by atoms with E-state index in [4.69, 9.17) is 19.2 Å². The Morgan fingerprint density at radius 1 is 0.932 bits per heavy atom. The maximum absolute atomic E-state index is 14.8. The molecule has 2 amide bonds. The average Bonchev–Trinajstić information content (AvgIpc) is 3.87. The van der Waals surface area contributed by atoms with Gasteiger partial charge in [-0.1, -0.05) is 70.5 Å². The smallest absolute Gasteiger partial charge is 0.315 e. The molecule has 0 radical (unpaired) electrons. The Bertz CT molecular complexity index is 2640. The highest BCUT2D eigenvalue weighted by Crippen LogP contribution is 2.54. The summed E-state index contributed by atoms with van der Waals surface area (Å²) < 4.78 is 18.6. The Hall–Kier alpha value is -6.01. The van der Waals surface area contributed by atoms with E-state index in [1.807, 2.05) is 31.2 Å². The quantitative estimate of drug-likeness (QED) is 0.118. The molecule has 1 spiro atoms. The van der Waals surface area contributed by atoms with Gasteiger partial charge in [0.1, 0.15) is 35.4 Å². The molecule has 8 atom stereocenters. The predicted octanol–water partition coefficient (Wildman–Crippen LogP) is 6.38. The monoisotopic (exact) mass is 1020 g/mol. The van der Waals surface area contributed by atoms with Gasteiger partial charge < -0.3 is 60.4 Å². The summed E-state index contributed by atoms with van der Waals surface area (Å²) in [6, 6.07) is 8.35. The third-order valence-electron chi connectivity index (χ3n) is 15.9. The van der Waals surface area contributed by atoms with Gasteiger partial charge in [-0.05, 0) is 70.6 Å². The summed E-state index contributed by atoms with van der Waals surface area (Å²) >= 11 is 0. The first-order valence-electron chi connectivity index (χ1n) is 26.4. The molecule has 17 nitrogen and oxygen atoms in total.